The zero-order valence-corrected chi connectivity index (χ0v) is 7.59. The van der Waals surface area contributed by atoms with E-state index >= 15 is 0 Å². The first-order valence-electron chi connectivity index (χ1n) is 3.97. The molecule has 0 heterocycles. The van der Waals surface area contributed by atoms with E-state index in [4.69, 9.17) is 0 Å². The maximum Gasteiger partial charge on any atom is 0.470 e. The number of ether oxygens (including phenoxy) is 1. The number of carbonyl (C=O) groups is 1. The standard InChI is InChI=1S/C9H5F5O2/c10-8(11,12)7(15)9(13,14)16-6-4-2-1-3-5-6/h1-5H. The summed E-state index contributed by atoms with van der Waals surface area (Å²) in [6, 6.07) is 6.04. The summed E-state index contributed by atoms with van der Waals surface area (Å²) in [5.41, 5.74) is 0. The van der Waals surface area contributed by atoms with Gasteiger partial charge in [-0.15, -0.1) is 0 Å². The first kappa shape index (κ1) is 12.4. The van der Waals surface area contributed by atoms with E-state index in [0.29, 0.717) is 0 Å². The van der Waals surface area contributed by atoms with Crippen molar-refractivity contribution in [2.45, 2.75) is 12.3 Å². The maximum absolute atomic E-state index is 12.7. The SMILES string of the molecule is O=C(C(F)(F)F)C(F)(F)Oc1ccccc1. The van der Waals surface area contributed by atoms with Crippen LogP contribution in [0, 0.1) is 0 Å². The Kier molecular flexibility index (Phi) is 3.16. The van der Waals surface area contributed by atoms with E-state index in [1.54, 1.807) is 0 Å². The lowest BCUT2D eigenvalue weighted by Gasteiger charge is -2.17. The van der Waals surface area contributed by atoms with Crippen LogP contribution < -0.4 is 4.74 Å². The quantitative estimate of drug-likeness (QED) is 0.759. The number of benzene rings is 1. The van der Waals surface area contributed by atoms with Gasteiger partial charge in [-0.05, 0) is 12.1 Å². The number of ketones is 1. The van der Waals surface area contributed by atoms with Gasteiger partial charge in [0.05, 0.1) is 0 Å². The van der Waals surface area contributed by atoms with Crippen molar-refractivity contribution in [3.63, 3.8) is 0 Å². The highest BCUT2D eigenvalue weighted by molar-refractivity contribution is 5.89. The molecule has 0 aliphatic heterocycles. The van der Waals surface area contributed by atoms with Gasteiger partial charge in [0.1, 0.15) is 5.75 Å². The summed E-state index contributed by atoms with van der Waals surface area (Å²) in [5, 5.41) is 0. The average molecular weight is 240 g/mol. The third-order valence-electron chi connectivity index (χ3n) is 1.51. The van der Waals surface area contributed by atoms with Crippen LogP contribution >= 0.6 is 0 Å². The monoisotopic (exact) mass is 240 g/mol. The Morgan fingerprint density at radius 3 is 1.94 bits per heavy atom. The lowest BCUT2D eigenvalue weighted by atomic mass is 10.3. The van der Waals surface area contributed by atoms with Crippen LogP contribution in [0.5, 0.6) is 5.75 Å². The fourth-order valence-corrected chi connectivity index (χ4v) is 0.848. The highest BCUT2D eigenvalue weighted by atomic mass is 19.4. The Morgan fingerprint density at radius 2 is 1.50 bits per heavy atom. The van der Waals surface area contributed by atoms with E-state index in [1.807, 2.05) is 0 Å². The average Bonchev–Trinajstić information content (AvgIpc) is 2.16. The molecule has 0 amide bonds. The van der Waals surface area contributed by atoms with Gasteiger partial charge in [-0.3, -0.25) is 4.79 Å². The van der Waals surface area contributed by atoms with Crippen LogP contribution in [0.2, 0.25) is 0 Å². The molecule has 0 aliphatic rings. The summed E-state index contributed by atoms with van der Waals surface area (Å²) in [5.74, 6) is -3.76. The van der Waals surface area contributed by atoms with Crippen LogP contribution in [0.15, 0.2) is 30.3 Å². The second-order valence-electron chi connectivity index (χ2n) is 2.76. The molecule has 0 atom stereocenters. The summed E-state index contributed by atoms with van der Waals surface area (Å²) in [6.45, 7) is 0. The molecule has 88 valence electrons. The molecule has 0 spiro atoms. The Balaban J connectivity index is 2.84. The molecule has 0 radical (unpaired) electrons. The van der Waals surface area contributed by atoms with Crippen molar-refractivity contribution in [1.29, 1.82) is 0 Å². The molecule has 0 N–H and O–H groups in total. The number of halogens is 5. The molecule has 1 rings (SSSR count). The van der Waals surface area contributed by atoms with Crippen LogP contribution in [0.25, 0.3) is 0 Å². The van der Waals surface area contributed by atoms with Gasteiger partial charge >= 0.3 is 18.1 Å². The molecule has 7 heteroatoms. The van der Waals surface area contributed by atoms with Crippen molar-refractivity contribution >= 4 is 5.78 Å². The number of alkyl halides is 5. The Bertz CT molecular complexity index is 371. The molecule has 1 aromatic rings. The second kappa shape index (κ2) is 4.07. The molecule has 0 unspecified atom stereocenters. The minimum Gasteiger partial charge on any atom is -0.426 e. The van der Waals surface area contributed by atoms with E-state index < -0.39 is 23.8 Å². The Labute approximate surface area is 86.6 Å². The molecular formula is C9H5F5O2. The summed E-state index contributed by atoms with van der Waals surface area (Å²) >= 11 is 0. The summed E-state index contributed by atoms with van der Waals surface area (Å²) in [7, 11) is 0. The van der Waals surface area contributed by atoms with Crippen LogP contribution in [-0.2, 0) is 4.79 Å². The predicted molar refractivity (Wildman–Crippen MR) is 43.1 cm³/mol. The number of carbonyl (C=O) groups excluding carboxylic acids is 1. The van der Waals surface area contributed by atoms with Gasteiger partial charge in [0.15, 0.2) is 0 Å². The normalized spacial score (nSPS) is 12.3. The minimum absolute atomic E-state index is 0.523. The van der Waals surface area contributed by atoms with Crippen molar-refractivity contribution in [2.75, 3.05) is 0 Å². The van der Waals surface area contributed by atoms with E-state index in [1.165, 1.54) is 18.2 Å². The fourth-order valence-electron chi connectivity index (χ4n) is 0.848. The molecule has 16 heavy (non-hydrogen) atoms. The van der Waals surface area contributed by atoms with Crippen LogP contribution in [0.4, 0.5) is 22.0 Å². The van der Waals surface area contributed by atoms with Gasteiger partial charge in [-0.25, -0.2) is 0 Å². The summed E-state index contributed by atoms with van der Waals surface area (Å²) in [4.78, 5) is 10.3. The molecule has 0 fully saturated rings. The minimum atomic E-state index is -5.64. The Hall–Kier alpha value is -1.66. The third kappa shape index (κ3) is 2.91. The molecular weight excluding hydrogens is 235 g/mol. The van der Waals surface area contributed by atoms with Gasteiger partial charge in [-0.1, -0.05) is 18.2 Å². The molecule has 0 bridgehead atoms. The van der Waals surface area contributed by atoms with Gasteiger partial charge in [0.25, 0.3) is 0 Å². The van der Waals surface area contributed by atoms with Crippen molar-refractivity contribution in [2.24, 2.45) is 0 Å². The number of hydrogen-bond acceptors (Lipinski definition) is 2. The number of para-hydroxylation sites is 1. The highest BCUT2D eigenvalue weighted by Crippen LogP contribution is 2.30. The Morgan fingerprint density at radius 1 is 1.00 bits per heavy atom. The van der Waals surface area contributed by atoms with Crippen LogP contribution in [-0.4, -0.2) is 18.1 Å². The highest BCUT2D eigenvalue weighted by Gasteiger charge is 2.57. The zero-order chi connectivity index (χ0) is 12.4. The molecule has 0 saturated carbocycles. The topological polar surface area (TPSA) is 26.3 Å². The first-order chi connectivity index (χ1) is 7.23. The lowest BCUT2D eigenvalue weighted by Crippen LogP contribution is -2.44. The molecule has 0 saturated heterocycles. The maximum atomic E-state index is 12.7. The molecule has 0 aromatic heterocycles. The first-order valence-corrected chi connectivity index (χ1v) is 3.97. The smallest absolute Gasteiger partial charge is 0.426 e. The van der Waals surface area contributed by atoms with E-state index in [-0.39, 0.29) is 0 Å². The zero-order valence-electron chi connectivity index (χ0n) is 7.59. The van der Waals surface area contributed by atoms with Crippen molar-refractivity contribution in [3.8, 4) is 5.75 Å². The van der Waals surface area contributed by atoms with E-state index in [9.17, 15) is 26.7 Å². The molecule has 0 aliphatic carbocycles. The number of Topliss-reactive ketones (excluding diaryl/α,β-unsaturated/α-hetero) is 1. The molecule has 2 nitrogen and oxygen atoms in total. The van der Waals surface area contributed by atoms with Gasteiger partial charge in [0.2, 0.25) is 0 Å². The van der Waals surface area contributed by atoms with Crippen LogP contribution in [0.1, 0.15) is 0 Å². The van der Waals surface area contributed by atoms with Gasteiger partial charge < -0.3 is 4.74 Å². The lowest BCUT2D eigenvalue weighted by molar-refractivity contribution is -0.230. The summed E-state index contributed by atoms with van der Waals surface area (Å²) in [6.07, 6.45) is -10.6. The van der Waals surface area contributed by atoms with Crippen molar-refractivity contribution in [3.05, 3.63) is 30.3 Å². The van der Waals surface area contributed by atoms with Crippen molar-refractivity contribution in [1.82, 2.24) is 0 Å². The summed E-state index contributed by atoms with van der Waals surface area (Å²) < 4.78 is 64.3. The van der Waals surface area contributed by atoms with Gasteiger partial charge in [0, 0.05) is 0 Å². The van der Waals surface area contributed by atoms with E-state index in [0.717, 1.165) is 12.1 Å². The van der Waals surface area contributed by atoms with Crippen LogP contribution in [0.3, 0.4) is 0 Å². The fraction of sp³-hybridized carbons (Fsp3) is 0.222. The molecule has 1 aromatic carbocycles. The third-order valence-corrected chi connectivity index (χ3v) is 1.51. The largest absolute Gasteiger partial charge is 0.470 e. The van der Waals surface area contributed by atoms with E-state index in [2.05, 4.69) is 4.74 Å². The van der Waals surface area contributed by atoms with Crippen molar-refractivity contribution < 1.29 is 31.5 Å². The van der Waals surface area contributed by atoms with Gasteiger partial charge in [-0.2, -0.15) is 22.0 Å². The predicted octanol–water partition coefficient (Wildman–Crippen LogP) is 2.79. The number of rotatable bonds is 3. The number of hydrogen-bond donors (Lipinski definition) is 0. The second-order valence-corrected chi connectivity index (χ2v) is 2.76.